The van der Waals surface area contributed by atoms with Gasteiger partial charge in [-0.15, -0.1) is 6.58 Å². The fourth-order valence-electron chi connectivity index (χ4n) is 10.4. The number of aliphatic hydroxyl groups is 2. The number of oxime groups is 1. The lowest BCUT2D eigenvalue weighted by atomic mass is 9.55. The van der Waals surface area contributed by atoms with Gasteiger partial charge in [-0.2, -0.15) is 0 Å². The van der Waals surface area contributed by atoms with E-state index in [9.17, 15) is 19.4 Å². The molecule has 3 aliphatic rings. The number of aliphatic hydroxyl groups excluding tert-OH is 2. The second-order valence-corrected chi connectivity index (χ2v) is 18.2. The molecule has 5 aromatic carbocycles. The quantitative estimate of drug-likeness (QED) is 0.0251. The Morgan fingerprint density at radius 2 is 1.54 bits per heavy atom. The van der Waals surface area contributed by atoms with E-state index < -0.39 is 29.7 Å². The highest BCUT2D eigenvalue weighted by Crippen LogP contribution is 2.62. The number of halogens is 1. The topological polar surface area (TPSA) is 146 Å². The number of amides is 1. The van der Waals surface area contributed by atoms with Gasteiger partial charge in [0.15, 0.2) is 0 Å². The van der Waals surface area contributed by atoms with Gasteiger partial charge in [-0.25, -0.2) is 9.18 Å². The van der Waals surface area contributed by atoms with Crippen molar-refractivity contribution in [3.8, 4) is 17.2 Å². The highest BCUT2D eigenvalue weighted by atomic mass is 19.1. The molecule has 1 aliphatic heterocycles. The fourth-order valence-corrected chi connectivity index (χ4v) is 10.4. The first kappa shape index (κ1) is 50.7. The lowest BCUT2D eigenvalue weighted by Gasteiger charge is -2.59. The second-order valence-electron chi connectivity index (χ2n) is 18.2. The minimum atomic E-state index is -1.59. The van der Waals surface area contributed by atoms with Crippen molar-refractivity contribution in [2.45, 2.75) is 82.5 Å². The van der Waals surface area contributed by atoms with Crippen LogP contribution in [0.25, 0.3) is 0 Å². The van der Waals surface area contributed by atoms with Gasteiger partial charge in [0.1, 0.15) is 48.6 Å². The Kier molecular flexibility index (Phi) is 17.8. The van der Waals surface area contributed by atoms with Crippen molar-refractivity contribution in [3.63, 3.8) is 0 Å². The van der Waals surface area contributed by atoms with Gasteiger partial charge in [0.25, 0.3) is 0 Å². The normalized spacial score (nSPS) is 21.5. The highest BCUT2D eigenvalue weighted by molar-refractivity contribution is 6.03. The van der Waals surface area contributed by atoms with Crippen LogP contribution >= 0.6 is 0 Å². The first-order valence-corrected chi connectivity index (χ1v) is 24.6. The smallest absolute Gasteiger partial charge is 0.410 e. The number of allylic oxidation sites excluding steroid dienone is 1. The van der Waals surface area contributed by atoms with Crippen molar-refractivity contribution < 1.29 is 52.7 Å². The molecule has 1 fully saturated rings. The first-order valence-electron chi connectivity index (χ1n) is 24.6. The molecule has 6 atom stereocenters. The molecule has 13 heteroatoms. The average Bonchev–Trinajstić information content (AvgIpc) is 3.39. The molecule has 1 saturated carbocycles. The number of fused-ring (bicyclic) bond motifs is 2. The molecule has 2 aliphatic carbocycles. The van der Waals surface area contributed by atoms with Crippen LogP contribution in [0.15, 0.2) is 157 Å². The Balaban J connectivity index is 1.28. The Labute approximate surface area is 415 Å². The monoisotopic (exact) mass is 966 g/mol. The van der Waals surface area contributed by atoms with Gasteiger partial charge in [0.2, 0.25) is 5.79 Å². The van der Waals surface area contributed by atoms with Crippen LogP contribution in [0.1, 0.15) is 83.5 Å². The molecular weight excluding hydrogens is 904 g/mol. The standard InChI is InChI=1S/C58H63FN2O10/c1-2-30-68-58-54(61(37-41-22-24-46(59)25-23-41)57(65)67-32-31-66-39-42-14-5-3-6-15-42)36-52(60-69-40-43-16-7-4-8-17-43)50-34-45(19-9-11-28-62)49(21-10-12-29-63)55(56(50)58)51-35-48(26-27-53(51)71-58)70-47-20-13-18-44(33-47)38-64/h2-8,13-18,20,22-27,33-35,38,45,49,54-56,62-63H,1,9-12,19,21,28-32,36-37,39-40H2. The molecule has 0 spiro atoms. The van der Waals surface area contributed by atoms with Crippen molar-refractivity contribution in [2.75, 3.05) is 33.0 Å². The van der Waals surface area contributed by atoms with Crippen molar-refractivity contribution in [3.05, 3.63) is 185 Å². The van der Waals surface area contributed by atoms with Crippen LogP contribution in [0.2, 0.25) is 0 Å². The molecule has 1 amide bonds. The van der Waals surface area contributed by atoms with Crippen LogP contribution in [-0.4, -0.2) is 78.1 Å². The Bertz CT molecular complexity index is 2590. The maximum absolute atomic E-state index is 15.0. The van der Waals surface area contributed by atoms with E-state index in [0.29, 0.717) is 53.5 Å². The molecule has 5 aromatic rings. The molecule has 1 heterocycles. The number of hydrogen-bond donors (Lipinski definition) is 2. The van der Waals surface area contributed by atoms with Gasteiger partial charge in [-0.05, 0) is 102 Å². The summed E-state index contributed by atoms with van der Waals surface area (Å²) >= 11 is 0. The van der Waals surface area contributed by atoms with Gasteiger partial charge >= 0.3 is 6.09 Å². The summed E-state index contributed by atoms with van der Waals surface area (Å²) in [5.41, 5.74) is 5.35. The predicted octanol–water partition coefficient (Wildman–Crippen LogP) is 11.1. The van der Waals surface area contributed by atoms with Crippen LogP contribution < -0.4 is 9.47 Å². The van der Waals surface area contributed by atoms with E-state index in [4.69, 9.17) is 33.7 Å². The number of rotatable bonds is 25. The van der Waals surface area contributed by atoms with Gasteiger partial charge in [0.05, 0.1) is 31.5 Å². The summed E-state index contributed by atoms with van der Waals surface area (Å²) in [6.07, 6.45) is 8.38. The summed E-state index contributed by atoms with van der Waals surface area (Å²) < 4.78 is 47.5. The first-order chi connectivity index (χ1) is 34.8. The molecular formula is C58H63FN2O10. The largest absolute Gasteiger partial charge is 0.459 e. The van der Waals surface area contributed by atoms with Crippen molar-refractivity contribution in [2.24, 2.45) is 22.9 Å². The van der Waals surface area contributed by atoms with Crippen LogP contribution in [0.4, 0.5) is 9.18 Å². The predicted molar refractivity (Wildman–Crippen MR) is 267 cm³/mol. The summed E-state index contributed by atoms with van der Waals surface area (Å²) in [6, 6.07) is 37.2. The maximum Gasteiger partial charge on any atom is 0.410 e. The van der Waals surface area contributed by atoms with Gasteiger partial charge < -0.3 is 38.7 Å². The van der Waals surface area contributed by atoms with E-state index in [1.54, 1.807) is 47.4 Å². The Morgan fingerprint density at radius 1 is 0.817 bits per heavy atom. The fraction of sp³-hybridized carbons (Fsp3) is 0.362. The van der Waals surface area contributed by atoms with Gasteiger partial charge in [0, 0.05) is 43.2 Å². The molecule has 372 valence electrons. The molecule has 0 radical (unpaired) electrons. The number of hydrogen-bond acceptors (Lipinski definition) is 11. The zero-order valence-corrected chi connectivity index (χ0v) is 40.0. The number of carbonyl (C=O) groups excluding carboxylic acids is 2. The van der Waals surface area contributed by atoms with E-state index in [2.05, 4.69) is 12.7 Å². The van der Waals surface area contributed by atoms with E-state index >= 15 is 4.79 Å². The molecule has 12 nitrogen and oxygen atoms in total. The molecule has 0 aromatic heterocycles. The number of carbonyl (C=O) groups is 2. The van der Waals surface area contributed by atoms with Gasteiger partial charge in [-0.3, -0.25) is 9.69 Å². The lowest BCUT2D eigenvalue weighted by molar-refractivity contribution is -0.256. The highest BCUT2D eigenvalue weighted by Gasteiger charge is 2.65. The Morgan fingerprint density at radius 3 is 2.25 bits per heavy atom. The number of aldehydes is 1. The maximum atomic E-state index is 15.0. The number of nitrogens with zero attached hydrogens (tertiary/aromatic N) is 2. The summed E-state index contributed by atoms with van der Waals surface area (Å²) in [5, 5.41) is 25.0. The summed E-state index contributed by atoms with van der Waals surface area (Å²) in [5.74, 6) is -1.49. The van der Waals surface area contributed by atoms with E-state index in [0.717, 1.165) is 54.2 Å². The number of benzene rings is 5. The average molecular weight is 967 g/mol. The number of ether oxygens (including phenoxy) is 5. The van der Waals surface area contributed by atoms with Crippen LogP contribution in [-0.2, 0) is 38.8 Å². The van der Waals surface area contributed by atoms with E-state index in [-0.39, 0.29) is 70.4 Å². The Hall–Kier alpha value is -6.64. The van der Waals surface area contributed by atoms with E-state index in [1.165, 1.54) is 12.1 Å². The molecule has 8 rings (SSSR count). The molecule has 6 unspecified atom stereocenters. The summed E-state index contributed by atoms with van der Waals surface area (Å²) in [6.45, 7) is 4.80. The zero-order chi connectivity index (χ0) is 49.4. The van der Waals surface area contributed by atoms with Gasteiger partial charge in [-0.1, -0.05) is 115 Å². The zero-order valence-electron chi connectivity index (χ0n) is 40.0. The van der Waals surface area contributed by atoms with Crippen molar-refractivity contribution >= 4 is 18.1 Å². The summed E-state index contributed by atoms with van der Waals surface area (Å²) in [4.78, 5) is 34.6. The third-order valence-corrected chi connectivity index (χ3v) is 13.6. The molecule has 0 bridgehead atoms. The van der Waals surface area contributed by atoms with Crippen molar-refractivity contribution in [1.82, 2.24) is 4.90 Å². The minimum Gasteiger partial charge on any atom is -0.459 e. The third kappa shape index (κ3) is 12.5. The SMILES string of the molecule is C=CCOC12Oc3ccc(Oc4cccc(C=O)c4)cc3C3C(CCCCO)C(CCCCO)C=C(C(=NOCc4ccccc4)CC1N(Cc1ccc(F)cc1)C(=O)OCCOCc1ccccc1)C32. The third-order valence-electron chi connectivity index (χ3n) is 13.6. The molecule has 0 saturated heterocycles. The second kappa shape index (κ2) is 25.0. The minimum absolute atomic E-state index is 0.00496. The van der Waals surface area contributed by atoms with Crippen LogP contribution in [0.3, 0.4) is 0 Å². The van der Waals surface area contributed by atoms with Crippen LogP contribution in [0.5, 0.6) is 17.2 Å². The lowest BCUT2D eigenvalue weighted by Crippen LogP contribution is -2.70. The molecule has 71 heavy (non-hydrogen) atoms. The molecule has 2 N–H and O–H groups in total. The van der Waals surface area contributed by atoms with Crippen LogP contribution in [0, 0.1) is 23.6 Å². The number of unbranched alkanes of at least 4 members (excludes halogenated alkanes) is 2. The van der Waals surface area contributed by atoms with Crippen molar-refractivity contribution in [1.29, 1.82) is 0 Å². The summed E-state index contributed by atoms with van der Waals surface area (Å²) in [7, 11) is 0. The van der Waals surface area contributed by atoms with E-state index in [1.807, 2.05) is 78.9 Å².